The molecule has 7 nitrogen and oxygen atoms in total. The summed E-state index contributed by atoms with van der Waals surface area (Å²) in [5.41, 5.74) is 1.03. The number of hydrogen-bond acceptors (Lipinski definition) is 4. The minimum absolute atomic E-state index is 0. The highest BCUT2D eigenvalue weighted by Crippen LogP contribution is 2.25. The average molecular weight is 519 g/mol. The Morgan fingerprint density at radius 2 is 2.07 bits per heavy atom. The lowest BCUT2D eigenvalue weighted by Gasteiger charge is -2.17. The smallest absolute Gasteiger partial charge is 0.192 e. The SMILES string of the molecule is COc1ccc(CN=C(NCc2nnc(C)n2C)NC2CCCC2)cc1Cl.I. The Kier molecular flexibility index (Phi) is 8.81. The summed E-state index contributed by atoms with van der Waals surface area (Å²) >= 11 is 6.22. The van der Waals surface area contributed by atoms with Crippen molar-refractivity contribution in [3.63, 3.8) is 0 Å². The maximum atomic E-state index is 6.22. The first kappa shape index (κ1) is 22.7. The zero-order valence-electron chi connectivity index (χ0n) is 16.5. The second kappa shape index (κ2) is 10.8. The van der Waals surface area contributed by atoms with Gasteiger partial charge in [0.2, 0.25) is 0 Å². The molecule has 0 amide bonds. The van der Waals surface area contributed by atoms with E-state index >= 15 is 0 Å². The number of hydrogen-bond donors (Lipinski definition) is 2. The molecule has 0 unspecified atom stereocenters. The molecular weight excluding hydrogens is 491 g/mol. The summed E-state index contributed by atoms with van der Waals surface area (Å²) in [7, 11) is 3.58. The summed E-state index contributed by atoms with van der Waals surface area (Å²) < 4.78 is 7.18. The van der Waals surface area contributed by atoms with E-state index in [0.717, 1.165) is 23.2 Å². The number of rotatable bonds is 6. The minimum Gasteiger partial charge on any atom is -0.495 e. The van der Waals surface area contributed by atoms with Crippen LogP contribution in [-0.4, -0.2) is 33.9 Å². The normalized spacial score (nSPS) is 14.6. The van der Waals surface area contributed by atoms with Gasteiger partial charge in [0, 0.05) is 13.1 Å². The van der Waals surface area contributed by atoms with Gasteiger partial charge < -0.3 is 19.9 Å². The first-order valence-electron chi connectivity index (χ1n) is 9.29. The van der Waals surface area contributed by atoms with Crippen LogP contribution in [0.2, 0.25) is 5.02 Å². The van der Waals surface area contributed by atoms with Crippen molar-refractivity contribution < 1.29 is 4.74 Å². The molecule has 2 aromatic rings. The average Bonchev–Trinajstić information content (AvgIpc) is 3.28. The summed E-state index contributed by atoms with van der Waals surface area (Å²) in [6.45, 7) is 3.04. The molecule has 1 aliphatic carbocycles. The molecule has 1 saturated carbocycles. The van der Waals surface area contributed by atoms with E-state index in [1.165, 1.54) is 25.7 Å². The van der Waals surface area contributed by atoms with Crippen LogP contribution in [0.15, 0.2) is 23.2 Å². The minimum atomic E-state index is 0. The Morgan fingerprint density at radius 3 is 2.68 bits per heavy atom. The van der Waals surface area contributed by atoms with Crippen molar-refractivity contribution in [2.24, 2.45) is 12.0 Å². The van der Waals surface area contributed by atoms with Gasteiger partial charge in [-0.25, -0.2) is 4.99 Å². The van der Waals surface area contributed by atoms with Gasteiger partial charge in [-0.05, 0) is 37.5 Å². The number of nitrogens with zero attached hydrogens (tertiary/aromatic N) is 4. The first-order chi connectivity index (χ1) is 13.1. The van der Waals surface area contributed by atoms with Gasteiger partial charge in [-0.1, -0.05) is 30.5 Å². The maximum absolute atomic E-state index is 6.22. The van der Waals surface area contributed by atoms with Gasteiger partial charge >= 0.3 is 0 Å². The van der Waals surface area contributed by atoms with Crippen molar-refractivity contribution in [3.05, 3.63) is 40.4 Å². The Bertz CT molecular complexity index is 804. The zero-order chi connectivity index (χ0) is 19.2. The third-order valence-electron chi connectivity index (χ3n) is 4.93. The number of aromatic nitrogens is 3. The van der Waals surface area contributed by atoms with Crippen LogP contribution in [0, 0.1) is 6.92 Å². The standard InChI is InChI=1S/C19H27ClN6O.HI/c1-13-24-25-18(26(13)2)12-22-19(23-15-6-4-5-7-15)21-11-14-8-9-17(27-3)16(20)10-14;/h8-10,15H,4-7,11-12H2,1-3H3,(H2,21,22,23);1H. The van der Waals surface area contributed by atoms with E-state index in [1.807, 2.05) is 36.7 Å². The highest BCUT2D eigenvalue weighted by molar-refractivity contribution is 14.0. The van der Waals surface area contributed by atoms with E-state index in [-0.39, 0.29) is 24.0 Å². The van der Waals surface area contributed by atoms with Gasteiger partial charge in [-0.2, -0.15) is 0 Å². The van der Waals surface area contributed by atoms with Gasteiger partial charge in [0.15, 0.2) is 11.8 Å². The van der Waals surface area contributed by atoms with E-state index in [0.29, 0.717) is 29.9 Å². The van der Waals surface area contributed by atoms with Gasteiger partial charge in [-0.3, -0.25) is 0 Å². The molecule has 0 bridgehead atoms. The lowest BCUT2D eigenvalue weighted by molar-refractivity contribution is 0.415. The van der Waals surface area contributed by atoms with Crippen molar-refractivity contribution in [1.82, 2.24) is 25.4 Å². The fraction of sp³-hybridized carbons (Fsp3) is 0.526. The molecule has 0 aliphatic heterocycles. The number of halogens is 2. The topological polar surface area (TPSA) is 76.4 Å². The number of benzene rings is 1. The van der Waals surface area contributed by atoms with Crippen LogP contribution in [-0.2, 0) is 20.1 Å². The van der Waals surface area contributed by atoms with Crippen molar-refractivity contribution >= 4 is 41.5 Å². The van der Waals surface area contributed by atoms with Crippen LogP contribution in [0.4, 0.5) is 0 Å². The number of aryl methyl sites for hydroxylation is 1. The summed E-state index contributed by atoms with van der Waals surface area (Å²) in [5, 5.41) is 15.8. The van der Waals surface area contributed by atoms with Crippen molar-refractivity contribution in [3.8, 4) is 5.75 Å². The molecule has 154 valence electrons. The highest BCUT2D eigenvalue weighted by atomic mass is 127. The van der Waals surface area contributed by atoms with Crippen LogP contribution in [0.1, 0.15) is 42.9 Å². The molecule has 2 N–H and O–H groups in total. The summed E-state index contributed by atoms with van der Waals surface area (Å²) in [4.78, 5) is 4.74. The first-order valence-corrected chi connectivity index (χ1v) is 9.66. The van der Waals surface area contributed by atoms with Gasteiger partial charge in [0.25, 0.3) is 0 Å². The zero-order valence-corrected chi connectivity index (χ0v) is 19.6. The van der Waals surface area contributed by atoms with Gasteiger partial charge in [-0.15, -0.1) is 34.2 Å². The molecule has 1 heterocycles. The summed E-state index contributed by atoms with van der Waals surface area (Å²) in [5.74, 6) is 3.22. The fourth-order valence-corrected chi connectivity index (χ4v) is 3.44. The molecule has 3 rings (SSSR count). The Hall–Kier alpha value is -1.55. The Labute approximate surface area is 188 Å². The van der Waals surface area contributed by atoms with E-state index < -0.39 is 0 Å². The second-order valence-electron chi connectivity index (χ2n) is 6.84. The quantitative estimate of drug-likeness (QED) is 0.347. The molecule has 1 aromatic heterocycles. The Morgan fingerprint density at radius 1 is 1.32 bits per heavy atom. The molecule has 0 saturated heterocycles. The van der Waals surface area contributed by atoms with E-state index in [4.69, 9.17) is 21.3 Å². The van der Waals surface area contributed by atoms with Crippen molar-refractivity contribution in [1.29, 1.82) is 0 Å². The molecule has 0 radical (unpaired) electrons. The number of methoxy groups -OCH3 is 1. The maximum Gasteiger partial charge on any atom is 0.192 e. The summed E-state index contributed by atoms with van der Waals surface area (Å²) in [6.07, 6.45) is 4.89. The number of nitrogens with one attached hydrogen (secondary N) is 2. The second-order valence-corrected chi connectivity index (χ2v) is 7.24. The molecule has 1 aliphatic rings. The van der Waals surface area contributed by atoms with Crippen LogP contribution in [0.3, 0.4) is 0 Å². The van der Waals surface area contributed by atoms with Gasteiger partial charge in [0.1, 0.15) is 11.6 Å². The van der Waals surface area contributed by atoms with E-state index in [9.17, 15) is 0 Å². The number of aliphatic imine (C=N–C) groups is 1. The Balaban J connectivity index is 0.00000280. The van der Waals surface area contributed by atoms with Crippen LogP contribution >= 0.6 is 35.6 Å². The van der Waals surface area contributed by atoms with Crippen LogP contribution < -0.4 is 15.4 Å². The molecule has 1 aromatic carbocycles. The predicted octanol–water partition coefficient (Wildman–Crippen LogP) is 3.58. The summed E-state index contributed by atoms with van der Waals surface area (Å²) in [6, 6.07) is 6.21. The van der Waals surface area contributed by atoms with Crippen LogP contribution in [0.25, 0.3) is 0 Å². The third-order valence-corrected chi connectivity index (χ3v) is 5.22. The van der Waals surface area contributed by atoms with E-state index in [1.54, 1.807) is 7.11 Å². The molecule has 0 spiro atoms. The third kappa shape index (κ3) is 5.97. The largest absolute Gasteiger partial charge is 0.495 e. The van der Waals surface area contributed by atoms with Gasteiger partial charge in [0.05, 0.1) is 25.2 Å². The van der Waals surface area contributed by atoms with Crippen molar-refractivity contribution in [2.75, 3.05) is 7.11 Å². The molecule has 28 heavy (non-hydrogen) atoms. The lowest BCUT2D eigenvalue weighted by Crippen LogP contribution is -2.42. The number of guanidine groups is 1. The molecule has 9 heteroatoms. The van der Waals surface area contributed by atoms with E-state index in [2.05, 4.69) is 20.8 Å². The fourth-order valence-electron chi connectivity index (χ4n) is 3.16. The predicted molar refractivity (Wildman–Crippen MR) is 123 cm³/mol. The number of ether oxygens (including phenoxy) is 1. The molecular formula is C19H28ClIN6O. The molecule has 0 atom stereocenters. The van der Waals surface area contributed by atoms with Crippen LogP contribution in [0.5, 0.6) is 5.75 Å². The monoisotopic (exact) mass is 518 g/mol. The molecule has 1 fully saturated rings. The highest BCUT2D eigenvalue weighted by Gasteiger charge is 2.16. The van der Waals surface area contributed by atoms with Crippen molar-refractivity contribution in [2.45, 2.75) is 51.7 Å². The lowest BCUT2D eigenvalue weighted by atomic mass is 10.2.